The van der Waals surface area contributed by atoms with E-state index in [1.54, 1.807) is 12.4 Å². The summed E-state index contributed by atoms with van der Waals surface area (Å²) in [4.78, 5) is 21.2. The fourth-order valence-electron chi connectivity index (χ4n) is 3.31. The van der Waals surface area contributed by atoms with Crippen molar-refractivity contribution < 1.29 is 13.8 Å². The molecule has 8 nitrogen and oxygen atoms in total. The lowest BCUT2D eigenvalue weighted by atomic mass is 10.1. The molecule has 31 heavy (non-hydrogen) atoms. The second kappa shape index (κ2) is 8.19. The van der Waals surface area contributed by atoms with Crippen molar-refractivity contribution in [3.05, 3.63) is 90.2 Å². The number of benzene rings is 2. The van der Waals surface area contributed by atoms with Crippen molar-refractivity contribution in [1.29, 1.82) is 0 Å². The summed E-state index contributed by atoms with van der Waals surface area (Å²) < 4.78 is 10.7. The van der Waals surface area contributed by atoms with E-state index in [-0.39, 0.29) is 12.3 Å². The molecule has 2 aromatic carbocycles. The van der Waals surface area contributed by atoms with E-state index in [2.05, 4.69) is 25.6 Å². The summed E-state index contributed by atoms with van der Waals surface area (Å²) in [6.45, 7) is 0. The molecule has 0 fully saturated rings. The lowest BCUT2D eigenvalue weighted by molar-refractivity contribution is -0.115. The predicted molar refractivity (Wildman–Crippen MR) is 113 cm³/mol. The van der Waals surface area contributed by atoms with Crippen molar-refractivity contribution in [2.45, 2.75) is 12.8 Å². The lowest BCUT2D eigenvalue weighted by Gasteiger charge is -2.09. The summed E-state index contributed by atoms with van der Waals surface area (Å²) in [5, 5.41) is 11.8. The molecule has 0 saturated heterocycles. The normalized spacial score (nSPS) is 11.0. The van der Waals surface area contributed by atoms with Gasteiger partial charge in [-0.05, 0) is 35.9 Å². The highest BCUT2D eigenvalue weighted by atomic mass is 16.5. The smallest absolute Gasteiger partial charge is 0.231 e. The molecule has 152 valence electrons. The molecule has 5 rings (SSSR count). The summed E-state index contributed by atoms with van der Waals surface area (Å²) >= 11 is 0. The number of amides is 1. The van der Waals surface area contributed by atoms with Gasteiger partial charge in [-0.1, -0.05) is 40.6 Å². The van der Waals surface area contributed by atoms with Crippen LogP contribution in [0.5, 0.6) is 0 Å². The molecule has 1 N–H and O–H groups in total. The summed E-state index contributed by atoms with van der Waals surface area (Å²) in [6.07, 6.45) is 3.86. The molecule has 0 radical (unpaired) electrons. The minimum atomic E-state index is -0.187. The topological polar surface area (TPSA) is 107 Å². The van der Waals surface area contributed by atoms with Crippen LogP contribution in [0, 0.1) is 0 Å². The van der Waals surface area contributed by atoms with Gasteiger partial charge in [-0.3, -0.25) is 9.78 Å². The Hall–Kier alpha value is -4.33. The zero-order chi connectivity index (χ0) is 21.0. The number of carbonyl (C=O) groups is 1. The highest BCUT2D eigenvalue weighted by Crippen LogP contribution is 2.22. The molecule has 8 heteroatoms. The third kappa shape index (κ3) is 4.04. The minimum Gasteiger partial charge on any atom is -0.356 e. The Morgan fingerprint density at radius 2 is 1.81 bits per heavy atom. The highest BCUT2D eigenvalue weighted by molar-refractivity contribution is 5.95. The Morgan fingerprint density at radius 1 is 0.935 bits per heavy atom. The molecule has 3 aromatic heterocycles. The average Bonchev–Trinajstić information content (AvgIpc) is 3.43. The first-order chi connectivity index (χ1) is 15.3. The number of pyridine rings is 1. The van der Waals surface area contributed by atoms with Crippen molar-refractivity contribution in [1.82, 2.24) is 20.3 Å². The molecule has 0 saturated carbocycles. The zero-order valence-corrected chi connectivity index (χ0v) is 16.4. The Labute approximate surface area is 176 Å². The third-order valence-electron chi connectivity index (χ3n) is 4.80. The summed E-state index contributed by atoms with van der Waals surface area (Å²) in [7, 11) is 0. The van der Waals surface area contributed by atoms with Crippen molar-refractivity contribution in [2.24, 2.45) is 0 Å². The highest BCUT2D eigenvalue weighted by Gasteiger charge is 2.15. The lowest BCUT2D eigenvalue weighted by Crippen LogP contribution is -2.16. The number of hydrogen-bond donors (Lipinski definition) is 1. The summed E-state index contributed by atoms with van der Waals surface area (Å²) in [5.41, 5.74) is 3.58. The Balaban J connectivity index is 1.31. The number of nitrogens with one attached hydrogen (secondary N) is 1. The maximum atomic E-state index is 12.7. The molecule has 0 aliphatic heterocycles. The van der Waals surface area contributed by atoms with Gasteiger partial charge in [0.15, 0.2) is 5.58 Å². The van der Waals surface area contributed by atoms with Crippen LogP contribution in [0.1, 0.15) is 17.1 Å². The first-order valence-corrected chi connectivity index (χ1v) is 9.70. The van der Waals surface area contributed by atoms with Crippen LogP contribution in [-0.4, -0.2) is 26.2 Å². The van der Waals surface area contributed by atoms with E-state index in [0.29, 0.717) is 35.1 Å². The number of aromatic nitrogens is 4. The monoisotopic (exact) mass is 411 g/mol. The fraction of sp³-hybridized carbons (Fsp3) is 0.0870. The van der Waals surface area contributed by atoms with Gasteiger partial charge in [0.1, 0.15) is 5.69 Å². The van der Waals surface area contributed by atoms with Crippen molar-refractivity contribution >= 4 is 22.6 Å². The van der Waals surface area contributed by atoms with Gasteiger partial charge >= 0.3 is 0 Å². The fourth-order valence-corrected chi connectivity index (χ4v) is 3.31. The molecule has 3 heterocycles. The van der Waals surface area contributed by atoms with Crippen LogP contribution in [0.2, 0.25) is 0 Å². The molecule has 0 bridgehead atoms. The van der Waals surface area contributed by atoms with Gasteiger partial charge in [-0.25, -0.2) is 0 Å². The molecule has 0 atom stereocenters. The van der Waals surface area contributed by atoms with Crippen molar-refractivity contribution in [2.75, 3.05) is 5.32 Å². The van der Waals surface area contributed by atoms with E-state index < -0.39 is 0 Å². The molecule has 0 unspecified atom stereocenters. The van der Waals surface area contributed by atoms with E-state index in [9.17, 15) is 4.79 Å². The molecular formula is C23H17N5O3. The van der Waals surface area contributed by atoms with Crippen LogP contribution >= 0.6 is 0 Å². The van der Waals surface area contributed by atoms with E-state index in [0.717, 1.165) is 16.5 Å². The Morgan fingerprint density at radius 3 is 2.71 bits per heavy atom. The van der Waals surface area contributed by atoms with Gasteiger partial charge in [0, 0.05) is 29.0 Å². The maximum Gasteiger partial charge on any atom is 0.231 e. The molecule has 1 amide bonds. The Kier molecular flexibility index (Phi) is 4.94. The van der Waals surface area contributed by atoms with Crippen LogP contribution in [0.25, 0.3) is 22.4 Å². The van der Waals surface area contributed by atoms with E-state index >= 15 is 0 Å². The minimum absolute atomic E-state index is 0.108. The van der Waals surface area contributed by atoms with Gasteiger partial charge in [-0.15, -0.1) is 0 Å². The molecule has 0 aliphatic rings. The van der Waals surface area contributed by atoms with Gasteiger partial charge < -0.3 is 14.4 Å². The van der Waals surface area contributed by atoms with Gasteiger partial charge in [0.05, 0.1) is 12.8 Å². The number of carbonyl (C=O) groups excluding carboxylic acids is 1. The molecular weight excluding hydrogens is 394 g/mol. The van der Waals surface area contributed by atoms with Gasteiger partial charge in [0.25, 0.3) is 0 Å². The number of anilines is 1. The number of para-hydroxylation sites is 2. The summed E-state index contributed by atoms with van der Waals surface area (Å²) in [5.74, 6) is 0.735. The predicted octanol–water partition coefficient (Wildman–Crippen LogP) is 4.04. The maximum absolute atomic E-state index is 12.7. The van der Waals surface area contributed by atoms with E-state index in [4.69, 9.17) is 9.05 Å². The molecule has 5 aromatic rings. The first kappa shape index (κ1) is 18.7. The van der Waals surface area contributed by atoms with Crippen LogP contribution < -0.4 is 5.32 Å². The average molecular weight is 411 g/mol. The second-order valence-electron chi connectivity index (χ2n) is 6.94. The third-order valence-corrected chi connectivity index (χ3v) is 4.80. The van der Waals surface area contributed by atoms with Crippen molar-refractivity contribution in [3.8, 4) is 11.4 Å². The van der Waals surface area contributed by atoms with E-state index in [1.807, 2.05) is 60.7 Å². The second-order valence-corrected chi connectivity index (χ2v) is 6.94. The number of fused-ring (bicyclic) bond motifs is 1. The van der Waals surface area contributed by atoms with Crippen LogP contribution in [0.3, 0.4) is 0 Å². The van der Waals surface area contributed by atoms with Gasteiger partial charge in [-0.2, -0.15) is 4.98 Å². The van der Waals surface area contributed by atoms with Crippen LogP contribution in [0.4, 0.5) is 5.69 Å². The van der Waals surface area contributed by atoms with Gasteiger partial charge in [0.2, 0.25) is 17.6 Å². The summed E-state index contributed by atoms with van der Waals surface area (Å²) in [6, 6.07) is 18.7. The SMILES string of the molecule is O=C(Cc1noc2ccccc12)Nc1ccccc1Cc1nc(-c2cccnc2)no1. The van der Waals surface area contributed by atoms with Crippen LogP contribution in [-0.2, 0) is 17.6 Å². The standard InChI is InChI=1S/C23H17N5O3/c29-21(13-19-17-8-2-4-10-20(17)30-27-19)25-18-9-3-1-6-15(18)12-22-26-23(28-31-22)16-7-5-11-24-14-16/h1-11,14H,12-13H2,(H,25,29). The van der Waals surface area contributed by atoms with Crippen LogP contribution in [0.15, 0.2) is 82.1 Å². The largest absolute Gasteiger partial charge is 0.356 e. The number of hydrogen-bond acceptors (Lipinski definition) is 7. The quantitative estimate of drug-likeness (QED) is 0.449. The molecule has 0 aliphatic carbocycles. The first-order valence-electron chi connectivity index (χ1n) is 9.70. The Bertz CT molecular complexity index is 1340. The zero-order valence-electron chi connectivity index (χ0n) is 16.4. The molecule has 0 spiro atoms. The number of rotatable bonds is 6. The number of nitrogens with zero attached hydrogens (tertiary/aromatic N) is 4. The van der Waals surface area contributed by atoms with E-state index in [1.165, 1.54) is 0 Å². The van der Waals surface area contributed by atoms with Crippen molar-refractivity contribution in [3.63, 3.8) is 0 Å².